The van der Waals surface area contributed by atoms with E-state index in [1.165, 1.54) is 49.7 Å². The summed E-state index contributed by atoms with van der Waals surface area (Å²) in [6, 6.07) is 18.8. The predicted octanol–water partition coefficient (Wildman–Crippen LogP) is 7.59. The van der Waals surface area contributed by atoms with Crippen LogP contribution in [0.1, 0.15) is 83.3 Å². The third kappa shape index (κ3) is 11.6. The number of ether oxygens (including phenoxy) is 2. The van der Waals surface area contributed by atoms with E-state index in [1.54, 1.807) is 0 Å². The molecule has 0 saturated heterocycles. The van der Waals surface area contributed by atoms with Crippen molar-refractivity contribution in [3.8, 4) is 5.75 Å². The molecule has 4 nitrogen and oxygen atoms in total. The topological polar surface area (TPSA) is 35.5 Å². The molecule has 0 radical (unpaired) electrons. The second kappa shape index (κ2) is 16.4. The van der Waals surface area contributed by atoms with Crippen LogP contribution in [0.4, 0.5) is 0 Å². The molecule has 0 saturated carbocycles. The van der Waals surface area contributed by atoms with Crippen molar-refractivity contribution < 1.29 is 18.8 Å². The fraction of sp³-hybridized carbons (Fsp3) is 0.594. The Morgan fingerprint density at radius 2 is 1.56 bits per heavy atom. The maximum Gasteiger partial charge on any atom is 0.309 e. The van der Waals surface area contributed by atoms with Crippen LogP contribution < -0.4 is 4.74 Å². The van der Waals surface area contributed by atoms with Crippen molar-refractivity contribution in [2.24, 2.45) is 5.92 Å². The summed E-state index contributed by atoms with van der Waals surface area (Å²) in [5, 5.41) is 0. The Bertz CT molecular complexity index is 865. The number of hydrogen-bond acceptors (Lipinski definition) is 3. The van der Waals surface area contributed by atoms with Gasteiger partial charge in [-0.2, -0.15) is 0 Å². The van der Waals surface area contributed by atoms with Crippen molar-refractivity contribution in [2.75, 3.05) is 27.2 Å². The number of nitrogens with zero attached hydrogens (tertiary/aromatic N) is 1. The number of para-hydroxylation sites is 1. The monoisotopic (exact) mass is 496 g/mol. The van der Waals surface area contributed by atoms with E-state index in [0.717, 1.165) is 42.6 Å². The molecule has 200 valence electrons. The van der Waals surface area contributed by atoms with Gasteiger partial charge in [0.2, 0.25) is 0 Å². The summed E-state index contributed by atoms with van der Waals surface area (Å²) < 4.78 is 12.9. The van der Waals surface area contributed by atoms with Crippen molar-refractivity contribution in [1.82, 2.24) is 0 Å². The maximum absolute atomic E-state index is 12.7. The van der Waals surface area contributed by atoms with Crippen LogP contribution in [0.2, 0.25) is 0 Å². The lowest BCUT2D eigenvalue weighted by Gasteiger charge is -2.30. The van der Waals surface area contributed by atoms with E-state index in [4.69, 9.17) is 9.47 Å². The summed E-state index contributed by atoms with van der Waals surface area (Å²) >= 11 is 0. The molecule has 36 heavy (non-hydrogen) atoms. The Morgan fingerprint density at radius 1 is 0.889 bits per heavy atom. The summed E-state index contributed by atoms with van der Waals surface area (Å²) in [7, 11) is 4.43. The molecule has 0 heterocycles. The third-order valence-corrected chi connectivity index (χ3v) is 6.96. The minimum atomic E-state index is -0.129. The smallest absolute Gasteiger partial charge is 0.309 e. The first-order valence-electron chi connectivity index (χ1n) is 14.1. The molecule has 2 aromatic rings. The summed E-state index contributed by atoms with van der Waals surface area (Å²) in [5.41, 5.74) is 2.57. The van der Waals surface area contributed by atoms with Gasteiger partial charge in [0, 0.05) is 12.0 Å². The minimum absolute atomic E-state index is 0.128. The standard InChI is InChI=1S/C32H50NO3/c1-6-8-9-10-11-15-20-29-21-16-17-22-31(29)36-30(7-2)26-35-32(34)27(3)23-24-33(4,5)25-28-18-13-12-14-19-28/h12-14,16-19,21-22,27,30H,6-11,15,20,23-26H2,1-5H3/q+1. The molecule has 0 fully saturated rings. The van der Waals surface area contributed by atoms with Gasteiger partial charge in [-0.3, -0.25) is 4.79 Å². The number of carbonyl (C=O) groups is 1. The summed E-state index contributed by atoms with van der Waals surface area (Å²) in [6.07, 6.45) is 10.2. The quantitative estimate of drug-likeness (QED) is 0.121. The molecule has 2 rings (SSSR count). The third-order valence-electron chi connectivity index (χ3n) is 6.96. The van der Waals surface area contributed by atoms with Crippen molar-refractivity contribution in [2.45, 2.75) is 91.2 Å². The van der Waals surface area contributed by atoms with Gasteiger partial charge in [-0.15, -0.1) is 0 Å². The second-order valence-electron chi connectivity index (χ2n) is 10.9. The molecule has 0 aromatic heterocycles. The Morgan fingerprint density at radius 3 is 2.28 bits per heavy atom. The van der Waals surface area contributed by atoms with E-state index in [-0.39, 0.29) is 18.0 Å². The summed E-state index contributed by atoms with van der Waals surface area (Å²) in [6.45, 7) is 8.48. The molecule has 2 aromatic carbocycles. The van der Waals surface area contributed by atoms with Gasteiger partial charge in [-0.25, -0.2) is 0 Å². The first-order valence-corrected chi connectivity index (χ1v) is 14.1. The fourth-order valence-electron chi connectivity index (χ4n) is 4.47. The number of carbonyl (C=O) groups excluding carboxylic acids is 1. The first-order chi connectivity index (χ1) is 17.3. The number of rotatable bonds is 18. The van der Waals surface area contributed by atoms with Crippen LogP contribution in [-0.2, 0) is 22.5 Å². The Labute approximate surface area is 220 Å². The van der Waals surface area contributed by atoms with Gasteiger partial charge in [0.15, 0.2) is 0 Å². The number of quaternary nitrogens is 1. The zero-order valence-electron chi connectivity index (χ0n) is 23.5. The fourth-order valence-corrected chi connectivity index (χ4v) is 4.47. The van der Waals surface area contributed by atoms with E-state index >= 15 is 0 Å². The highest BCUT2D eigenvalue weighted by molar-refractivity contribution is 5.71. The van der Waals surface area contributed by atoms with E-state index in [0.29, 0.717) is 6.61 Å². The zero-order valence-corrected chi connectivity index (χ0v) is 23.5. The average molecular weight is 497 g/mol. The second-order valence-corrected chi connectivity index (χ2v) is 10.9. The van der Waals surface area contributed by atoms with E-state index in [2.05, 4.69) is 64.3 Å². The molecular weight excluding hydrogens is 446 g/mol. The highest BCUT2D eigenvalue weighted by Gasteiger charge is 2.23. The van der Waals surface area contributed by atoms with Crippen LogP contribution in [0, 0.1) is 5.92 Å². The van der Waals surface area contributed by atoms with Crippen molar-refractivity contribution in [3.63, 3.8) is 0 Å². The lowest BCUT2D eigenvalue weighted by molar-refractivity contribution is -0.904. The molecule has 2 atom stereocenters. The zero-order chi connectivity index (χ0) is 26.2. The number of aryl methyl sites for hydroxylation is 1. The molecule has 0 spiro atoms. The number of unbranched alkanes of at least 4 members (excludes halogenated alkanes) is 5. The van der Waals surface area contributed by atoms with E-state index in [1.807, 2.05) is 25.1 Å². The number of benzene rings is 2. The van der Waals surface area contributed by atoms with E-state index < -0.39 is 0 Å². The molecule has 0 N–H and O–H groups in total. The Kier molecular flexibility index (Phi) is 13.6. The maximum atomic E-state index is 12.7. The summed E-state index contributed by atoms with van der Waals surface area (Å²) in [5.74, 6) is 0.676. The molecule has 0 amide bonds. The van der Waals surface area contributed by atoms with Crippen LogP contribution in [0.25, 0.3) is 0 Å². The van der Waals surface area contributed by atoms with Gasteiger partial charge >= 0.3 is 5.97 Å². The summed E-state index contributed by atoms with van der Waals surface area (Å²) in [4.78, 5) is 12.7. The average Bonchev–Trinajstić information content (AvgIpc) is 2.88. The first kappa shape index (κ1) is 29.9. The van der Waals surface area contributed by atoms with Crippen LogP contribution in [0.3, 0.4) is 0 Å². The molecular formula is C32H50NO3+. The lowest BCUT2D eigenvalue weighted by Crippen LogP contribution is -2.40. The van der Waals surface area contributed by atoms with Crippen molar-refractivity contribution >= 4 is 5.97 Å². The molecule has 0 aliphatic heterocycles. The van der Waals surface area contributed by atoms with Crippen LogP contribution in [0.5, 0.6) is 5.75 Å². The van der Waals surface area contributed by atoms with Crippen LogP contribution in [0.15, 0.2) is 54.6 Å². The number of esters is 1. The Balaban J connectivity index is 1.77. The normalized spacial score (nSPS) is 13.2. The molecule has 0 bridgehead atoms. The van der Waals surface area contributed by atoms with Crippen molar-refractivity contribution in [1.29, 1.82) is 0 Å². The lowest BCUT2D eigenvalue weighted by atomic mass is 10.0. The molecule has 2 unspecified atom stereocenters. The van der Waals surface area contributed by atoms with Crippen molar-refractivity contribution in [3.05, 3.63) is 65.7 Å². The Hall–Kier alpha value is -2.33. The SMILES string of the molecule is CCCCCCCCc1ccccc1OC(CC)COC(=O)C(C)CC[N+](C)(C)Cc1ccccc1. The van der Waals surface area contributed by atoms with Gasteiger partial charge in [-0.05, 0) is 30.9 Å². The highest BCUT2D eigenvalue weighted by Crippen LogP contribution is 2.23. The molecule has 0 aliphatic carbocycles. The largest absolute Gasteiger partial charge is 0.487 e. The van der Waals surface area contributed by atoms with E-state index in [9.17, 15) is 4.79 Å². The van der Waals surface area contributed by atoms with Gasteiger partial charge in [0.25, 0.3) is 0 Å². The van der Waals surface area contributed by atoms with Crippen LogP contribution >= 0.6 is 0 Å². The minimum Gasteiger partial charge on any atom is -0.487 e. The van der Waals surface area contributed by atoms with Gasteiger partial charge in [-0.1, -0.05) is 101 Å². The van der Waals surface area contributed by atoms with Gasteiger partial charge in [0.1, 0.15) is 25.0 Å². The molecule has 4 heteroatoms. The van der Waals surface area contributed by atoms with Gasteiger partial charge in [0.05, 0.1) is 26.6 Å². The highest BCUT2D eigenvalue weighted by atomic mass is 16.6. The van der Waals surface area contributed by atoms with Crippen LogP contribution in [-0.4, -0.2) is 43.8 Å². The number of hydrogen-bond donors (Lipinski definition) is 0. The van der Waals surface area contributed by atoms with Gasteiger partial charge < -0.3 is 14.0 Å². The predicted molar refractivity (Wildman–Crippen MR) is 150 cm³/mol. The molecule has 0 aliphatic rings.